The lowest BCUT2D eigenvalue weighted by molar-refractivity contribution is 0.147. The van der Waals surface area contributed by atoms with E-state index in [1.54, 1.807) is 19.1 Å². The van der Waals surface area contributed by atoms with Gasteiger partial charge in [0.2, 0.25) is 5.90 Å². The zero-order valence-corrected chi connectivity index (χ0v) is 13.3. The fourth-order valence-electron chi connectivity index (χ4n) is 1.36. The second kappa shape index (κ2) is 8.53. The molecule has 0 aromatic heterocycles. The smallest absolute Gasteiger partial charge is 0.265 e. The van der Waals surface area contributed by atoms with Crippen LogP contribution in [0.1, 0.15) is 12.5 Å². The van der Waals surface area contributed by atoms with Crippen LogP contribution in [-0.4, -0.2) is 22.4 Å². The van der Waals surface area contributed by atoms with Crippen molar-refractivity contribution in [2.24, 2.45) is 0 Å². The van der Waals surface area contributed by atoms with Crippen molar-refractivity contribution in [2.75, 3.05) is 6.61 Å². The van der Waals surface area contributed by atoms with E-state index in [0.717, 1.165) is 5.56 Å². The topological polar surface area (TPSA) is 42.3 Å². The van der Waals surface area contributed by atoms with Crippen LogP contribution in [0.4, 0.5) is 0 Å². The predicted octanol–water partition coefficient (Wildman–Crippen LogP) is 4.51. The highest BCUT2D eigenvalue weighted by molar-refractivity contribution is 6.76. The Morgan fingerprint density at radius 2 is 1.95 bits per heavy atom. The van der Waals surface area contributed by atoms with Gasteiger partial charge in [-0.1, -0.05) is 71.2 Å². The highest BCUT2D eigenvalue weighted by Gasteiger charge is 2.29. The van der Waals surface area contributed by atoms with Gasteiger partial charge in [0, 0.05) is 0 Å². The molecule has 0 spiro atoms. The van der Waals surface area contributed by atoms with E-state index in [0.29, 0.717) is 13.2 Å². The van der Waals surface area contributed by atoms with Crippen LogP contribution in [0.3, 0.4) is 0 Å². The average Bonchev–Trinajstić information content (AvgIpc) is 2.38. The van der Waals surface area contributed by atoms with Crippen molar-refractivity contribution >= 4 is 40.7 Å². The summed E-state index contributed by atoms with van der Waals surface area (Å²) < 4.78 is 8.77. The van der Waals surface area contributed by atoms with Crippen molar-refractivity contribution < 1.29 is 9.47 Å². The minimum atomic E-state index is -1.83. The number of rotatable bonds is 6. The second-order valence-corrected chi connectivity index (χ2v) is 6.36. The molecule has 0 heterocycles. The minimum Gasteiger partial charge on any atom is -0.471 e. The minimum absolute atomic E-state index is 0.363. The summed E-state index contributed by atoms with van der Waals surface area (Å²) in [6.07, 6.45) is 3.19. The van der Waals surface area contributed by atoms with Crippen molar-refractivity contribution in [1.82, 2.24) is 0 Å². The van der Waals surface area contributed by atoms with Crippen LogP contribution >= 0.6 is 34.8 Å². The third-order valence-corrected chi connectivity index (χ3v) is 2.81. The predicted molar refractivity (Wildman–Crippen MR) is 83.8 cm³/mol. The van der Waals surface area contributed by atoms with Crippen LogP contribution in [0.2, 0.25) is 0 Å². The second-order valence-electron chi connectivity index (χ2n) is 4.08. The highest BCUT2D eigenvalue weighted by atomic mass is 35.6. The van der Waals surface area contributed by atoms with Gasteiger partial charge in [0.05, 0.1) is 13.2 Å². The largest absolute Gasteiger partial charge is 0.471 e. The van der Waals surface area contributed by atoms with Crippen LogP contribution in [0.25, 0.3) is 0 Å². The van der Waals surface area contributed by atoms with Crippen LogP contribution in [0, 0.1) is 5.41 Å². The molecule has 3 nitrogen and oxygen atoms in total. The molecule has 6 heteroatoms. The number of alkyl halides is 3. The SMILES string of the molecule is C[C@H](/C=C/COCc1ccccc1)OC(=N)C(Cl)(Cl)Cl. The lowest BCUT2D eigenvalue weighted by Crippen LogP contribution is -2.24. The molecule has 0 fully saturated rings. The molecule has 110 valence electrons. The maximum Gasteiger partial charge on any atom is 0.265 e. The summed E-state index contributed by atoms with van der Waals surface area (Å²) in [6.45, 7) is 2.74. The molecule has 0 unspecified atom stereocenters. The maximum absolute atomic E-state index is 7.42. The fraction of sp³-hybridized carbons (Fsp3) is 0.357. The average molecular weight is 337 g/mol. The fourth-order valence-corrected chi connectivity index (χ4v) is 1.49. The van der Waals surface area contributed by atoms with Gasteiger partial charge in [0.1, 0.15) is 6.10 Å². The van der Waals surface area contributed by atoms with Gasteiger partial charge < -0.3 is 9.47 Å². The summed E-state index contributed by atoms with van der Waals surface area (Å²) in [7, 11) is 0. The number of hydrogen-bond donors (Lipinski definition) is 1. The highest BCUT2D eigenvalue weighted by Crippen LogP contribution is 2.28. The molecule has 1 aromatic carbocycles. The first kappa shape index (κ1) is 17.3. The summed E-state index contributed by atoms with van der Waals surface area (Å²) in [4.78, 5) is 0. The first-order chi connectivity index (χ1) is 9.39. The molecule has 1 aromatic rings. The van der Waals surface area contributed by atoms with E-state index in [-0.39, 0.29) is 6.10 Å². The van der Waals surface area contributed by atoms with E-state index in [1.807, 2.05) is 30.3 Å². The molecular formula is C14H16Cl3NO2. The van der Waals surface area contributed by atoms with E-state index in [2.05, 4.69) is 0 Å². The van der Waals surface area contributed by atoms with E-state index < -0.39 is 9.69 Å². The molecule has 20 heavy (non-hydrogen) atoms. The van der Waals surface area contributed by atoms with Gasteiger partial charge in [-0.25, -0.2) is 0 Å². The Morgan fingerprint density at radius 3 is 2.55 bits per heavy atom. The Labute approximate surface area is 133 Å². The molecule has 1 atom stereocenters. The number of ether oxygens (including phenoxy) is 2. The Hall–Kier alpha value is -0.740. The Kier molecular flexibility index (Phi) is 7.38. The number of benzene rings is 1. The summed E-state index contributed by atoms with van der Waals surface area (Å²) in [5.41, 5.74) is 1.11. The first-order valence-electron chi connectivity index (χ1n) is 6.00. The normalized spacial score (nSPS) is 13.4. The maximum atomic E-state index is 7.42. The van der Waals surface area contributed by atoms with Crippen molar-refractivity contribution in [2.45, 2.75) is 23.4 Å². The van der Waals surface area contributed by atoms with E-state index in [1.165, 1.54) is 0 Å². The lowest BCUT2D eigenvalue weighted by Gasteiger charge is -2.16. The van der Waals surface area contributed by atoms with Gasteiger partial charge in [0.15, 0.2) is 0 Å². The molecule has 0 bridgehead atoms. The third kappa shape index (κ3) is 7.15. The Balaban J connectivity index is 2.23. The number of hydrogen-bond acceptors (Lipinski definition) is 3. The molecule has 0 saturated heterocycles. The summed E-state index contributed by atoms with van der Waals surface area (Å²) >= 11 is 16.5. The first-order valence-corrected chi connectivity index (χ1v) is 7.13. The Bertz CT molecular complexity index is 443. The van der Waals surface area contributed by atoms with Crippen LogP contribution in [-0.2, 0) is 16.1 Å². The molecule has 0 aliphatic carbocycles. The van der Waals surface area contributed by atoms with Crippen LogP contribution in [0.15, 0.2) is 42.5 Å². The van der Waals surface area contributed by atoms with E-state index in [9.17, 15) is 0 Å². The van der Waals surface area contributed by atoms with Gasteiger partial charge in [-0.3, -0.25) is 5.41 Å². The molecule has 1 rings (SSSR count). The summed E-state index contributed by atoms with van der Waals surface area (Å²) in [5, 5.41) is 7.42. The molecule has 0 amide bonds. The number of nitrogens with one attached hydrogen (secondary N) is 1. The standard InChI is InChI=1S/C14H16Cl3NO2/c1-11(20-13(18)14(15,16)17)6-5-9-19-10-12-7-3-2-4-8-12/h2-8,11,18H,9-10H2,1H3/b6-5+,18-13?/t11-/m1/s1. The van der Waals surface area contributed by atoms with Crippen molar-refractivity contribution in [3.05, 3.63) is 48.0 Å². The van der Waals surface area contributed by atoms with Gasteiger partial charge >= 0.3 is 0 Å². The van der Waals surface area contributed by atoms with Gasteiger partial charge in [0.25, 0.3) is 3.79 Å². The molecule has 0 aliphatic rings. The lowest BCUT2D eigenvalue weighted by atomic mass is 10.2. The van der Waals surface area contributed by atoms with Crippen molar-refractivity contribution in [1.29, 1.82) is 5.41 Å². The van der Waals surface area contributed by atoms with Gasteiger partial charge in [-0.05, 0) is 18.6 Å². The monoisotopic (exact) mass is 335 g/mol. The molecule has 1 N–H and O–H groups in total. The van der Waals surface area contributed by atoms with Crippen LogP contribution in [0.5, 0.6) is 0 Å². The molecule has 0 saturated carbocycles. The summed E-state index contributed by atoms with van der Waals surface area (Å²) in [5.74, 6) is -0.398. The van der Waals surface area contributed by atoms with E-state index >= 15 is 0 Å². The third-order valence-electron chi connectivity index (χ3n) is 2.29. The Morgan fingerprint density at radius 1 is 1.30 bits per heavy atom. The molecule has 0 radical (unpaired) electrons. The van der Waals surface area contributed by atoms with E-state index in [4.69, 9.17) is 49.7 Å². The quantitative estimate of drug-likeness (QED) is 0.273. The number of halogens is 3. The molecular weight excluding hydrogens is 321 g/mol. The zero-order chi connectivity index (χ0) is 15.0. The van der Waals surface area contributed by atoms with Gasteiger partial charge in [-0.15, -0.1) is 0 Å². The van der Waals surface area contributed by atoms with Crippen molar-refractivity contribution in [3.8, 4) is 0 Å². The van der Waals surface area contributed by atoms with Crippen molar-refractivity contribution in [3.63, 3.8) is 0 Å². The van der Waals surface area contributed by atoms with Gasteiger partial charge in [-0.2, -0.15) is 0 Å². The summed E-state index contributed by atoms with van der Waals surface area (Å²) in [6, 6.07) is 9.89. The zero-order valence-electron chi connectivity index (χ0n) is 11.0. The molecule has 0 aliphatic heterocycles. The van der Waals surface area contributed by atoms with Crippen LogP contribution < -0.4 is 0 Å².